The van der Waals surface area contributed by atoms with Crippen LogP contribution in [0.4, 0.5) is 11.4 Å². The Labute approximate surface area is 181 Å². The van der Waals surface area contributed by atoms with E-state index < -0.39 is 23.4 Å². The fourth-order valence-corrected chi connectivity index (χ4v) is 3.21. The van der Waals surface area contributed by atoms with Gasteiger partial charge in [-0.15, -0.1) is 0 Å². The van der Waals surface area contributed by atoms with Crippen LogP contribution in [-0.4, -0.2) is 36.6 Å². The zero-order valence-corrected chi connectivity index (χ0v) is 17.0. The number of esters is 1. The molecule has 2 aromatic carbocycles. The molecule has 158 valence electrons. The molecule has 0 radical (unpaired) electrons. The van der Waals surface area contributed by atoms with Crippen LogP contribution in [0.2, 0.25) is 10.0 Å². The molecule has 0 unspecified atom stereocenters. The molecule has 0 aromatic heterocycles. The Bertz CT molecular complexity index is 977. The molecule has 2 aromatic rings. The second-order valence-corrected chi connectivity index (χ2v) is 7.02. The molecule has 1 N–H and O–H groups in total. The summed E-state index contributed by atoms with van der Waals surface area (Å²) < 4.78 is 15.8. The van der Waals surface area contributed by atoms with Gasteiger partial charge < -0.3 is 19.5 Å². The standard InChI is InChI=1S/C19H16Cl2N2O7/c20-12-3-1-4-13(21)11(12)7-19(25)30-10-18(24)22-14-8-16-17(9-15(14)23(26)27)29-6-2-5-28-16/h1,3-4,8-9H,2,5-7,10H2,(H,22,24). The van der Waals surface area contributed by atoms with Crippen molar-refractivity contribution in [1.82, 2.24) is 0 Å². The second kappa shape index (κ2) is 9.64. The van der Waals surface area contributed by atoms with Crippen LogP contribution in [-0.2, 0) is 20.7 Å². The smallest absolute Gasteiger partial charge is 0.310 e. The van der Waals surface area contributed by atoms with Crippen LogP contribution in [0.5, 0.6) is 11.5 Å². The van der Waals surface area contributed by atoms with E-state index in [1.54, 1.807) is 18.2 Å². The highest BCUT2D eigenvalue weighted by atomic mass is 35.5. The Balaban J connectivity index is 1.65. The van der Waals surface area contributed by atoms with Crippen molar-refractivity contribution < 1.29 is 28.7 Å². The molecule has 0 saturated heterocycles. The van der Waals surface area contributed by atoms with Crippen LogP contribution < -0.4 is 14.8 Å². The molecule has 1 aliphatic heterocycles. The topological polar surface area (TPSA) is 117 Å². The van der Waals surface area contributed by atoms with Crippen LogP contribution in [0.1, 0.15) is 12.0 Å². The number of nitro groups is 1. The van der Waals surface area contributed by atoms with Crippen molar-refractivity contribution in [2.45, 2.75) is 12.8 Å². The molecule has 9 nitrogen and oxygen atoms in total. The van der Waals surface area contributed by atoms with Crippen LogP contribution in [0.3, 0.4) is 0 Å². The molecule has 0 bridgehead atoms. The van der Waals surface area contributed by atoms with E-state index in [0.717, 1.165) is 0 Å². The number of nitrogens with one attached hydrogen (secondary N) is 1. The van der Waals surface area contributed by atoms with Crippen molar-refractivity contribution in [2.75, 3.05) is 25.1 Å². The van der Waals surface area contributed by atoms with E-state index in [9.17, 15) is 19.7 Å². The van der Waals surface area contributed by atoms with Gasteiger partial charge in [-0.05, 0) is 12.1 Å². The van der Waals surface area contributed by atoms with E-state index in [1.165, 1.54) is 12.1 Å². The Morgan fingerprint density at radius 1 is 1.13 bits per heavy atom. The molecule has 0 fully saturated rings. The normalized spacial score (nSPS) is 12.6. The largest absolute Gasteiger partial charge is 0.489 e. The van der Waals surface area contributed by atoms with Gasteiger partial charge in [0.05, 0.1) is 30.6 Å². The van der Waals surface area contributed by atoms with Gasteiger partial charge in [0, 0.05) is 28.1 Å². The van der Waals surface area contributed by atoms with E-state index in [-0.39, 0.29) is 29.3 Å². The van der Waals surface area contributed by atoms with Crippen LogP contribution >= 0.6 is 23.2 Å². The summed E-state index contributed by atoms with van der Waals surface area (Å²) in [6.45, 7) is 0.0914. The summed E-state index contributed by atoms with van der Waals surface area (Å²) in [6.07, 6.45) is 0.394. The first-order valence-corrected chi connectivity index (χ1v) is 9.57. The lowest BCUT2D eigenvalue weighted by Gasteiger charge is -2.12. The maximum absolute atomic E-state index is 12.2. The number of fused-ring (bicyclic) bond motifs is 1. The molecule has 1 aliphatic rings. The van der Waals surface area contributed by atoms with Gasteiger partial charge in [0.15, 0.2) is 18.1 Å². The SMILES string of the molecule is O=C(COC(=O)Cc1c(Cl)cccc1Cl)Nc1cc2c(cc1[N+](=O)[O-])OCCCO2. The second-order valence-electron chi connectivity index (χ2n) is 6.21. The van der Waals surface area contributed by atoms with Gasteiger partial charge in [-0.3, -0.25) is 19.7 Å². The Hall–Kier alpha value is -3.04. The van der Waals surface area contributed by atoms with Crippen LogP contribution in [0.25, 0.3) is 0 Å². The van der Waals surface area contributed by atoms with Crippen molar-refractivity contribution >= 4 is 46.5 Å². The number of benzene rings is 2. The van der Waals surface area contributed by atoms with E-state index in [2.05, 4.69) is 5.32 Å². The number of nitro benzene ring substituents is 1. The highest BCUT2D eigenvalue weighted by molar-refractivity contribution is 6.36. The minimum atomic E-state index is -0.758. The van der Waals surface area contributed by atoms with Gasteiger partial charge in [0.25, 0.3) is 11.6 Å². The molecular formula is C19H16Cl2N2O7. The maximum Gasteiger partial charge on any atom is 0.310 e. The van der Waals surface area contributed by atoms with Crippen molar-refractivity contribution in [1.29, 1.82) is 0 Å². The molecule has 1 amide bonds. The molecular weight excluding hydrogens is 439 g/mol. The first-order valence-electron chi connectivity index (χ1n) is 8.81. The number of ether oxygens (including phenoxy) is 3. The van der Waals surface area contributed by atoms with Crippen molar-refractivity contribution in [3.05, 3.63) is 56.1 Å². The van der Waals surface area contributed by atoms with Crippen molar-refractivity contribution in [3.8, 4) is 11.5 Å². The average Bonchev–Trinajstić information content (AvgIpc) is 2.93. The minimum Gasteiger partial charge on any atom is -0.489 e. The number of hydrogen-bond acceptors (Lipinski definition) is 7. The number of hydrogen-bond donors (Lipinski definition) is 1. The number of halogens is 2. The third-order valence-corrected chi connectivity index (χ3v) is 4.79. The van der Waals surface area contributed by atoms with E-state index in [0.29, 0.717) is 35.2 Å². The summed E-state index contributed by atoms with van der Waals surface area (Å²) in [5, 5.41) is 14.3. The summed E-state index contributed by atoms with van der Waals surface area (Å²) >= 11 is 12.0. The highest BCUT2D eigenvalue weighted by Crippen LogP contribution is 2.39. The highest BCUT2D eigenvalue weighted by Gasteiger charge is 2.23. The zero-order chi connectivity index (χ0) is 21.7. The van der Waals surface area contributed by atoms with Crippen molar-refractivity contribution in [2.24, 2.45) is 0 Å². The maximum atomic E-state index is 12.2. The number of anilines is 1. The van der Waals surface area contributed by atoms with Gasteiger partial charge in [-0.2, -0.15) is 0 Å². The first kappa shape index (κ1) is 21.7. The third-order valence-electron chi connectivity index (χ3n) is 4.08. The quantitative estimate of drug-likeness (QED) is 0.400. The van der Waals surface area contributed by atoms with Crippen molar-refractivity contribution in [3.63, 3.8) is 0 Å². The first-order chi connectivity index (χ1) is 14.3. The summed E-state index contributed by atoms with van der Waals surface area (Å²) in [5.41, 5.74) is -0.0917. The molecule has 1 heterocycles. The lowest BCUT2D eigenvalue weighted by Crippen LogP contribution is -2.22. The Kier molecular flexibility index (Phi) is 6.96. The molecule has 0 atom stereocenters. The zero-order valence-electron chi connectivity index (χ0n) is 15.5. The Morgan fingerprint density at radius 2 is 1.77 bits per heavy atom. The number of amides is 1. The van der Waals surface area contributed by atoms with E-state index in [4.69, 9.17) is 37.4 Å². The molecule has 0 saturated carbocycles. The predicted octanol–water partition coefficient (Wildman–Crippen LogP) is 3.79. The number of carbonyl (C=O) groups excluding carboxylic acids is 2. The summed E-state index contributed by atoms with van der Waals surface area (Å²) in [5.74, 6) is -0.987. The van der Waals surface area contributed by atoms with Gasteiger partial charge in [0.2, 0.25) is 0 Å². The van der Waals surface area contributed by atoms with Gasteiger partial charge in [-0.25, -0.2) is 0 Å². The molecule has 3 rings (SSSR count). The lowest BCUT2D eigenvalue weighted by molar-refractivity contribution is -0.384. The summed E-state index contributed by atoms with van der Waals surface area (Å²) in [6, 6.07) is 7.27. The number of rotatable bonds is 6. The van der Waals surface area contributed by atoms with E-state index in [1.807, 2.05) is 0 Å². The number of nitrogens with zero attached hydrogens (tertiary/aromatic N) is 1. The van der Waals surface area contributed by atoms with Gasteiger partial charge in [0.1, 0.15) is 5.69 Å². The average molecular weight is 455 g/mol. The molecule has 0 aliphatic carbocycles. The van der Waals surface area contributed by atoms with Gasteiger partial charge >= 0.3 is 5.97 Å². The minimum absolute atomic E-state index is 0.0977. The summed E-state index contributed by atoms with van der Waals surface area (Å²) in [7, 11) is 0. The number of carbonyl (C=O) groups is 2. The fourth-order valence-electron chi connectivity index (χ4n) is 2.68. The lowest BCUT2D eigenvalue weighted by atomic mass is 10.1. The van der Waals surface area contributed by atoms with E-state index >= 15 is 0 Å². The third kappa shape index (κ3) is 5.31. The molecule has 0 spiro atoms. The van der Waals surface area contributed by atoms with Crippen LogP contribution in [0, 0.1) is 10.1 Å². The van der Waals surface area contributed by atoms with Gasteiger partial charge in [-0.1, -0.05) is 29.3 Å². The monoisotopic (exact) mass is 454 g/mol. The summed E-state index contributed by atoms with van der Waals surface area (Å²) in [4.78, 5) is 34.9. The predicted molar refractivity (Wildman–Crippen MR) is 108 cm³/mol. The molecule has 30 heavy (non-hydrogen) atoms. The fraction of sp³-hybridized carbons (Fsp3) is 0.263. The Morgan fingerprint density at radius 3 is 2.40 bits per heavy atom. The van der Waals surface area contributed by atoms with Crippen LogP contribution in [0.15, 0.2) is 30.3 Å². The molecule has 11 heteroatoms.